The van der Waals surface area contributed by atoms with E-state index in [-0.39, 0.29) is 6.03 Å². The number of hydrogen-bond donors (Lipinski definition) is 1. The molecule has 1 fully saturated rings. The zero-order chi connectivity index (χ0) is 21.9. The molecule has 3 heterocycles. The minimum absolute atomic E-state index is 0.0738. The summed E-state index contributed by atoms with van der Waals surface area (Å²) in [5, 5.41) is 3.01. The number of fused-ring (bicyclic) bond motifs is 3. The summed E-state index contributed by atoms with van der Waals surface area (Å²) in [7, 11) is 0. The first-order chi connectivity index (χ1) is 15.7. The maximum Gasteiger partial charge on any atom is 0.321 e. The quantitative estimate of drug-likeness (QED) is 0.514. The molecule has 2 amide bonds. The summed E-state index contributed by atoms with van der Waals surface area (Å²) in [5.74, 6) is 1.78. The van der Waals surface area contributed by atoms with Crippen molar-refractivity contribution in [3.63, 3.8) is 0 Å². The predicted octanol–water partition coefficient (Wildman–Crippen LogP) is 4.63. The fraction of sp³-hybridized carbons (Fsp3) is 0.280. The third-order valence-electron chi connectivity index (χ3n) is 5.84. The van der Waals surface area contributed by atoms with Crippen molar-refractivity contribution in [1.29, 1.82) is 0 Å². The van der Waals surface area contributed by atoms with Crippen LogP contribution in [-0.2, 0) is 0 Å². The summed E-state index contributed by atoms with van der Waals surface area (Å²) in [6.07, 6.45) is 2.97. The van der Waals surface area contributed by atoms with Gasteiger partial charge in [-0.05, 0) is 61.9 Å². The Morgan fingerprint density at radius 2 is 1.78 bits per heavy atom. The largest absolute Gasteiger partial charge is 0.494 e. The van der Waals surface area contributed by atoms with E-state index in [1.165, 1.54) is 0 Å². The number of carbonyl (C=O) groups is 1. The molecule has 0 atom stereocenters. The summed E-state index contributed by atoms with van der Waals surface area (Å²) < 4.78 is 7.66. The van der Waals surface area contributed by atoms with Crippen LogP contribution < -0.4 is 15.0 Å². The van der Waals surface area contributed by atoms with E-state index in [0.29, 0.717) is 19.7 Å². The van der Waals surface area contributed by atoms with Crippen molar-refractivity contribution in [3.8, 4) is 5.75 Å². The third-order valence-corrected chi connectivity index (χ3v) is 5.84. The van der Waals surface area contributed by atoms with Gasteiger partial charge in [0, 0.05) is 38.1 Å². The van der Waals surface area contributed by atoms with E-state index in [9.17, 15) is 4.79 Å². The highest BCUT2D eigenvalue weighted by molar-refractivity contribution is 5.89. The molecular formula is C25H27N5O2. The molecule has 1 saturated heterocycles. The Balaban J connectivity index is 1.31. The molecule has 0 aliphatic carbocycles. The molecule has 0 bridgehead atoms. The minimum Gasteiger partial charge on any atom is -0.494 e. The minimum atomic E-state index is -0.0738. The highest BCUT2D eigenvalue weighted by Crippen LogP contribution is 2.26. The smallest absolute Gasteiger partial charge is 0.321 e. The first-order valence-corrected chi connectivity index (χ1v) is 11.1. The van der Waals surface area contributed by atoms with Crippen molar-refractivity contribution in [2.24, 2.45) is 0 Å². The predicted molar refractivity (Wildman–Crippen MR) is 128 cm³/mol. The van der Waals surface area contributed by atoms with Gasteiger partial charge in [0.05, 0.1) is 23.2 Å². The molecule has 7 heteroatoms. The van der Waals surface area contributed by atoms with E-state index in [1.54, 1.807) is 0 Å². The zero-order valence-corrected chi connectivity index (χ0v) is 18.2. The standard InChI is InChI=1S/C25H27N5O2/c1-2-32-20-12-10-19(11-13-20)26-25(31)29-15-6-14-28(17-18-29)24-23-9-5-16-30(23)22-8-4-3-7-21(22)27-24/h3-5,7-13,16H,2,6,14-15,17-18H2,1H3,(H,26,31). The molecule has 164 valence electrons. The van der Waals surface area contributed by atoms with Crippen molar-refractivity contribution in [2.45, 2.75) is 13.3 Å². The van der Waals surface area contributed by atoms with Crippen LogP contribution in [-0.4, -0.2) is 53.1 Å². The lowest BCUT2D eigenvalue weighted by molar-refractivity contribution is 0.215. The Labute approximate surface area is 187 Å². The molecule has 0 saturated carbocycles. The molecule has 2 aromatic carbocycles. The lowest BCUT2D eigenvalue weighted by Crippen LogP contribution is -2.38. The summed E-state index contributed by atoms with van der Waals surface area (Å²) in [6.45, 7) is 5.53. The van der Waals surface area contributed by atoms with E-state index in [1.807, 2.05) is 54.3 Å². The second kappa shape index (κ2) is 8.78. The van der Waals surface area contributed by atoms with Crippen LogP contribution in [0.4, 0.5) is 16.3 Å². The van der Waals surface area contributed by atoms with Gasteiger partial charge in [-0.1, -0.05) is 12.1 Å². The number of urea groups is 1. The van der Waals surface area contributed by atoms with E-state index in [0.717, 1.165) is 53.3 Å². The Bertz CT molecular complexity index is 1230. The van der Waals surface area contributed by atoms with Crippen molar-refractivity contribution in [1.82, 2.24) is 14.3 Å². The normalized spacial score (nSPS) is 14.5. The van der Waals surface area contributed by atoms with Crippen molar-refractivity contribution in [3.05, 3.63) is 66.9 Å². The molecule has 0 radical (unpaired) electrons. The molecule has 1 aliphatic rings. The Morgan fingerprint density at radius 1 is 0.969 bits per heavy atom. The maximum atomic E-state index is 12.9. The van der Waals surface area contributed by atoms with Crippen LogP contribution in [0.2, 0.25) is 0 Å². The first kappa shape index (κ1) is 20.2. The fourth-order valence-electron chi connectivity index (χ4n) is 4.28. The third kappa shape index (κ3) is 3.93. The number of nitrogens with one attached hydrogen (secondary N) is 1. The number of rotatable bonds is 4. The van der Waals surface area contributed by atoms with Crippen molar-refractivity contribution < 1.29 is 9.53 Å². The summed E-state index contributed by atoms with van der Waals surface area (Å²) in [6, 6.07) is 19.8. The van der Waals surface area contributed by atoms with Crippen LogP contribution in [0, 0.1) is 0 Å². The van der Waals surface area contributed by atoms with Crippen LogP contribution in [0.15, 0.2) is 66.9 Å². The Hall–Kier alpha value is -3.74. The molecule has 0 unspecified atom stereocenters. The van der Waals surface area contributed by atoms with Gasteiger partial charge < -0.3 is 24.3 Å². The van der Waals surface area contributed by atoms with Crippen LogP contribution in [0.3, 0.4) is 0 Å². The topological polar surface area (TPSA) is 62.1 Å². The maximum absolute atomic E-state index is 12.9. The van der Waals surface area contributed by atoms with Crippen LogP contribution in [0.1, 0.15) is 13.3 Å². The molecule has 7 nitrogen and oxygen atoms in total. The van der Waals surface area contributed by atoms with Crippen molar-refractivity contribution >= 4 is 34.1 Å². The number of carbonyl (C=O) groups excluding carboxylic acids is 1. The molecule has 1 aliphatic heterocycles. The zero-order valence-electron chi connectivity index (χ0n) is 18.2. The number of aromatic nitrogens is 2. The van der Waals surface area contributed by atoms with Gasteiger partial charge in [-0.3, -0.25) is 0 Å². The first-order valence-electron chi connectivity index (χ1n) is 11.1. The van der Waals surface area contributed by atoms with E-state index >= 15 is 0 Å². The molecule has 1 N–H and O–H groups in total. The average molecular weight is 430 g/mol. The van der Waals surface area contributed by atoms with Gasteiger partial charge in [-0.25, -0.2) is 9.78 Å². The highest BCUT2D eigenvalue weighted by atomic mass is 16.5. The summed E-state index contributed by atoms with van der Waals surface area (Å²) >= 11 is 0. The number of nitrogens with zero attached hydrogens (tertiary/aromatic N) is 4. The van der Waals surface area contributed by atoms with Gasteiger partial charge in [-0.2, -0.15) is 0 Å². The van der Waals surface area contributed by atoms with Crippen molar-refractivity contribution in [2.75, 3.05) is 43.0 Å². The molecule has 5 rings (SSSR count). The Morgan fingerprint density at radius 3 is 2.62 bits per heavy atom. The van der Waals surface area contributed by atoms with Crippen LogP contribution >= 0.6 is 0 Å². The van der Waals surface area contributed by atoms with Gasteiger partial charge in [0.15, 0.2) is 5.82 Å². The SMILES string of the molecule is CCOc1ccc(NC(=O)N2CCCN(c3nc4ccccc4n4cccc34)CC2)cc1. The van der Waals surface area contributed by atoms with E-state index in [4.69, 9.17) is 9.72 Å². The highest BCUT2D eigenvalue weighted by Gasteiger charge is 2.22. The number of amides is 2. The summed E-state index contributed by atoms with van der Waals surface area (Å²) in [5.41, 5.74) is 3.93. The summed E-state index contributed by atoms with van der Waals surface area (Å²) in [4.78, 5) is 22.0. The molecule has 32 heavy (non-hydrogen) atoms. The lowest BCUT2D eigenvalue weighted by Gasteiger charge is -2.24. The second-order valence-corrected chi connectivity index (χ2v) is 7.90. The van der Waals surface area contributed by atoms with E-state index < -0.39 is 0 Å². The van der Waals surface area contributed by atoms with Gasteiger partial charge >= 0.3 is 6.03 Å². The number of para-hydroxylation sites is 2. The number of ether oxygens (including phenoxy) is 1. The molecule has 4 aromatic rings. The molecular weight excluding hydrogens is 402 g/mol. The average Bonchev–Trinajstić information content (AvgIpc) is 3.18. The Kier molecular flexibility index (Phi) is 5.54. The monoisotopic (exact) mass is 429 g/mol. The molecule has 0 spiro atoms. The fourth-order valence-corrected chi connectivity index (χ4v) is 4.28. The lowest BCUT2D eigenvalue weighted by atomic mass is 10.3. The number of anilines is 2. The van der Waals surface area contributed by atoms with Crippen LogP contribution in [0.25, 0.3) is 16.6 Å². The van der Waals surface area contributed by atoms with Crippen LogP contribution in [0.5, 0.6) is 5.75 Å². The molecule has 2 aromatic heterocycles. The van der Waals surface area contributed by atoms with E-state index in [2.05, 4.69) is 39.0 Å². The van der Waals surface area contributed by atoms with Gasteiger partial charge in [-0.15, -0.1) is 0 Å². The van der Waals surface area contributed by atoms with Gasteiger partial charge in [0.2, 0.25) is 0 Å². The number of hydrogen-bond acceptors (Lipinski definition) is 4. The van der Waals surface area contributed by atoms with Gasteiger partial charge in [0.25, 0.3) is 0 Å². The number of benzene rings is 2. The van der Waals surface area contributed by atoms with Gasteiger partial charge in [0.1, 0.15) is 5.75 Å². The second-order valence-electron chi connectivity index (χ2n) is 7.90.